The van der Waals surface area contributed by atoms with Crippen LogP contribution in [0.5, 0.6) is 0 Å². The van der Waals surface area contributed by atoms with E-state index in [1.165, 1.54) is 18.2 Å². The van der Waals surface area contributed by atoms with E-state index in [0.29, 0.717) is 24.8 Å². The smallest absolute Gasteiger partial charge is 0.339 e. The zero-order valence-electron chi connectivity index (χ0n) is 15.8. The molecule has 1 aromatic carbocycles. The maximum absolute atomic E-state index is 13.4. The van der Waals surface area contributed by atoms with E-state index in [9.17, 15) is 22.4 Å². The highest BCUT2D eigenvalue weighted by atomic mass is 19.4. The highest BCUT2D eigenvalue weighted by molar-refractivity contribution is 5.93. The molecular formula is C19H17F4N5O2. The average Bonchev–Trinajstić information content (AvgIpc) is 3.24. The van der Waals surface area contributed by atoms with Crippen molar-refractivity contribution in [2.45, 2.75) is 44.4 Å². The Bertz CT molecular complexity index is 1070. The summed E-state index contributed by atoms with van der Waals surface area (Å²) < 4.78 is 58.9. The molecule has 30 heavy (non-hydrogen) atoms. The minimum absolute atomic E-state index is 0.0682. The molecule has 7 nitrogen and oxygen atoms in total. The molecule has 3 aromatic rings. The first-order chi connectivity index (χ1) is 14.3. The lowest BCUT2D eigenvalue weighted by Gasteiger charge is -2.13. The largest absolute Gasteiger partial charge is 0.435 e. The summed E-state index contributed by atoms with van der Waals surface area (Å²) in [7, 11) is 0. The molecular weight excluding hydrogens is 406 g/mol. The van der Waals surface area contributed by atoms with Crippen LogP contribution in [0.4, 0.5) is 17.6 Å². The molecule has 0 bridgehead atoms. The monoisotopic (exact) mass is 423 g/mol. The molecule has 1 aliphatic carbocycles. The number of nitrogens with one attached hydrogen (secondary N) is 1. The summed E-state index contributed by atoms with van der Waals surface area (Å²) in [6, 6.07) is 5.40. The van der Waals surface area contributed by atoms with Gasteiger partial charge in [-0.05, 0) is 31.4 Å². The van der Waals surface area contributed by atoms with E-state index < -0.39 is 29.6 Å². The number of hydrogen-bond acceptors (Lipinski definition) is 5. The van der Waals surface area contributed by atoms with Gasteiger partial charge >= 0.3 is 6.18 Å². The van der Waals surface area contributed by atoms with E-state index >= 15 is 0 Å². The van der Waals surface area contributed by atoms with Crippen LogP contribution in [0.2, 0.25) is 0 Å². The molecule has 0 aliphatic heterocycles. The van der Waals surface area contributed by atoms with Crippen LogP contribution in [0, 0.1) is 5.82 Å². The molecule has 1 fully saturated rings. The van der Waals surface area contributed by atoms with Gasteiger partial charge in [0.25, 0.3) is 5.91 Å². The van der Waals surface area contributed by atoms with Crippen molar-refractivity contribution in [2.24, 2.45) is 0 Å². The lowest BCUT2D eigenvalue weighted by atomic mass is 10.2. The summed E-state index contributed by atoms with van der Waals surface area (Å²) in [5.74, 6) is -0.978. The van der Waals surface area contributed by atoms with Gasteiger partial charge in [0.15, 0.2) is 5.69 Å². The van der Waals surface area contributed by atoms with Crippen LogP contribution >= 0.6 is 0 Å². The van der Waals surface area contributed by atoms with Gasteiger partial charge in [0.2, 0.25) is 11.7 Å². The number of nitrogens with zero attached hydrogens (tertiary/aromatic N) is 4. The Hall–Kier alpha value is -3.24. The molecule has 0 saturated heterocycles. The summed E-state index contributed by atoms with van der Waals surface area (Å²) in [5, 5.41) is 9.99. The highest BCUT2D eigenvalue weighted by Gasteiger charge is 2.39. The Morgan fingerprint density at radius 2 is 2.10 bits per heavy atom. The van der Waals surface area contributed by atoms with Crippen molar-refractivity contribution in [3.8, 4) is 11.4 Å². The highest BCUT2D eigenvalue weighted by Crippen LogP contribution is 2.38. The van der Waals surface area contributed by atoms with Gasteiger partial charge in [-0.2, -0.15) is 23.3 Å². The molecule has 1 amide bonds. The number of aromatic nitrogens is 4. The minimum Gasteiger partial charge on any atom is -0.339 e. The standard InChI is InChI=1S/C19H17F4N5O2/c1-2-13(18-25-16(27-30-18)10-4-3-5-11(20)8-10)24-17(29)14-9-15(19(21,22)23)26-28(14)12-6-7-12/h3-5,8-9,12-13H,2,6-7H2,1H3,(H,24,29)/t13-/m0/s1. The third-order valence-electron chi connectivity index (χ3n) is 4.69. The van der Waals surface area contributed by atoms with Gasteiger partial charge in [0.05, 0.1) is 6.04 Å². The summed E-state index contributed by atoms with van der Waals surface area (Å²) in [5.41, 5.74) is -0.889. The molecule has 11 heteroatoms. The van der Waals surface area contributed by atoms with Crippen molar-refractivity contribution in [1.29, 1.82) is 0 Å². The zero-order chi connectivity index (χ0) is 21.5. The van der Waals surface area contributed by atoms with E-state index in [0.717, 1.165) is 10.7 Å². The van der Waals surface area contributed by atoms with Gasteiger partial charge in [0, 0.05) is 11.6 Å². The van der Waals surface area contributed by atoms with Crippen molar-refractivity contribution in [3.63, 3.8) is 0 Å². The Morgan fingerprint density at radius 3 is 2.73 bits per heavy atom. The second-order valence-corrected chi connectivity index (χ2v) is 6.99. The average molecular weight is 423 g/mol. The number of halogens is 4. The Kier molecular flexibility index (Phi) is 5.04. The molecule has 4 rings (SSSR count). The van der Waals surface area contributed by atoms with Gasteiger partial charge in [-0.1, -0.05) is 24.2 Å². The fraction of sp³-hybridized carbons (Fsp3) is 0.368. The molecule has 2 aromatic heterocycles. The maximum atomic E-state index is 13.4. The predicted molar refractivity (Wildman–Crippen MR) is 95.7 cm³/mol. The van der Waals surface area contributed by atoms with Crippen molar-refractivity contribution in [2.75, 3.05) is 0 Å². The number of carbonyl (C=O) groups excluding carboxylic acids is 1. The zero-order valence-corrected chi connectivity index (χ0v) is 15.8. The van der Waals surface area contributed by atoms with Gasteiger partial charge in [0.1, 0.15) is 17.6 Å². The Labute approximate surface area is 168 Å². The molecule has 0 unspecified atom stereocenters. The molecule has 2 heterocycles. The first-order valence-electron chi connectivity index (χ1n) is 9.33. The number of alkyl halides is 3. The lowest BCUT2D eigenvalue weighted by molar-refractivity contribution is -0.141. The molecule has 0 radical (unpaired) electrons. The van der Waals surface area contributed by atoms with Crippen LogP contribution in [0.15, 0.2) is 34.9 Å². The van der Waals surface area contributed by atoms with Crippen LogP contribution < -0.4 is 5.32 Å². The van der Waals surface area contributed by atoms with E-state index in [-0.39, 0.29) is 23.5 Å². The van der Waals surface area contributed by atoms with Crippen molar-refractivity contribution >= 4 is 5.91 Å². The number of benzene rings is 1. The van der Waals surface area contributed by atoms with Gasteiger partial charge in [-0.15, -0.1) is 0 Å². The molecule has 1 aliphatic rings. The first kappa shape index (κ1) is 20.0. The summed E-state index contributed by atoms with van der Waals surface area (Å²) in [6.45, 7) is 1.75. The summed E-state index contributed by atoms with van der Waals surface area (Å²) in [6.07, 6.45) is -2.97. The fourth-order valence-electron chi connectivity index (χ4n) is 2.99. The molecule has 1 atom stereocenters. The molecule has 0 spiro atoms. The quantitative estimate of drug-likeness (QED) is 0.598. The van der Waals surface area contributed by atoms with Crippen LogP contribution in [-0.2, 0) is 6.18 Å². The first-order valence-corrected chi connectivity index (χ1v) is 9.33. The fourth-order valence-corrected chi connectivity index (χ4v) is 2.99. The maximum Gasteiger partial charge on any atom is 0.435 e. The van der Waals surface area contributed by atoms with E-state index in [4.69, 9.17) is 4.52 Å². The number of amides is 1. The number of hydrogen-bond donors (Lipinski definition) is 1. The van der Waals surface area contributed by atoms with Crippen LogP contribution in [0.1, 0.15) is 60.3 Å². The van der Waals surface area contributed by atoms with Crippen molar-refractivity contribution < 1.29 is 26.9 Å². The number of rotatable bonds is 6. The molecule has 1 saturated carbocycles. The SMILES string of the molecule is CC[C@H](NC(=O)c1cc(C(F)(F)F)nn1C1CC1)c1nc(-c2cccc(F)c2)no1. The Morgan fingerprint density at radius 1 is 1.33 bits per heavy atom. The summed E-state index contributed by atoms with van der Waals surface area (Å²) >= 11 is 0. The van der Waals surface area contributed by atoms with Gasteiger partial charge in [-0.3, -0.25) is 9.48 Å². The third kappa shape index (κ3) is 4.05. The van der Waals surface area contributed by atoms with Crippen molar-refractivity contribution in [1.82, 2.24) is 25.2 Å². The Balaban J connectivity index is 1.56. The topological polar surface area (TPSA) is 85.8 Å². The summed E-state index contributed by atoms with van der Waals surface area (Å²) in [4.78, 5) is 16.9. The second-order valence-electron chi connectivity index (χ2n) is 6.99. The lowest BCUT2D eigenvalue weighted by Crippen LogP contribution is -2.30. The second kappa shape index (κ2) is 7.54. The minimum atomic E-state index is -4.65. The van der Waals surface area contributed by atoms with Crippen LogP contribution in [-0.4, -0.2) is 25.8 Å². The van der Waals surface area contributed by atoms with E-state index in [1.54, 1.807) is 13.0 Å². The predicted octanol–water partition coefficient (Wildman–Crippen LogP) is 4.31. The van der Waals surface area contributed by atoms with Crippen molar-refractivity contribution in [3.05, 3.63) is 53.4 Å². The normalized spacial score (nSPS) is 15.2. The van der Waals surface area contributed by atoms with Gasteiger partial charge in [-0.25, -0.2) is 4.39 Å². The van der Waals surface area contributed by atoms with E-state index in [1.807, 2.05) is 0 Å². The van der Waals surface area contributed by atoms with Crippen LogP contribution in [0.25, 0.3) is 11.4 Å². The van der Waals surface area contributed by atoms with Crippen LogP contribution in [0.3, 0.4) is 0 Å². The van der Waals surface area contributed by atoms with Gasteiger partial charge < -0.3 is 9.84 Å². The number of carbonyl (C=O) groups is 1. The van der Waals surface area contributed by atoms with E-state index in [2.05, 4.69) is 20.6 Å². The molecule has 1 N–H and O–H groups in total. The third-order valence-corrected chi connectivity index (χ3v) is 4.69. The molecule has 158 valence electrons.